The van der Waals surface area contributed by atoms with Crippen molar-refractivity contribution in [3.8, 4) is 11.1 Å². The fourth-order valence-corrected chi connectivity index (χ4v) is 2.72. The van der Waals surface area contributed by atoms with E-state index in [1.165, 1.54) is 6.07 Å². The fraction of sp³-hybridized carbons (Fsp3) is 0.263. The van der Waals surface area contributed by atoms with E-state index >= 15 is 0 Å². The molecule has 2 aromatic rings. The molecule has 0 saturated carbocycles. The molecule has 2 aromatic carbocycles. The highest BCUT2D eigenvalue weighted by molar-refractivity contribution is 6.30. The number of halogens is 2. The Morgan fingerprint density at radius 1 is 1.04 bits per heavy atom. The largest absolute Gasteiger partial charge is 0.348 e. The Labute approximate surface area is 140 Å². The van der Waals surface area contributed by atoms with Gasteiger partial charge >= 0.3 is 0 Å². The standard InChI is InChI=1S/C19H18ClFO2/c1-2-3-13-11-22-19(23-12-13)15-6-4-14(5-7-15)16-8-9-17(20)18(21)10-16/h2-10,13,19H,11-12H2,1H3/b3-2+/t13-,19-. The molecule has 0 aliphatic carbocycles. The van der Waals surface area contributed by atoms with Crippen LogP contribution in [-0.2, 0) is 9.47 Å². The maximum Gasteiger partial charge on any atom is 0.183 e. The predicted octanol–water partition coefficient (Wildman–Crippen LogP) is 5.38. The lowest BCUT2D eigenvalue weighted by atomic mass is 10.0. The summed E-state index contributed by atoms with van der Waals surface area (Å²) in [6, 6.07) is 12.6. The molecule has 0 radical (unpaired) electrons. The Morgan fingerprint density at radius 2 is 1.70 bits per heavy atom. The minimum atomic E-state index is -0.415. The van der Waals surface area contributed by atoms with Gasteiger partial charge in [0.15, 0.2) is 6.29 Å². The molecule has 23 heavy (non-hydrogen) atoms. The molecule has 0 bridgehead atoms. The molecule has 1 fully saturated rings. The van der Waals surface area contributed by atoms with Gasteiger partial charge in [-0.3, -0.25) is 0 Å². The summed E-state index contributed by atoms with van der Waals surface area (Å²) in [5, 5.41) is 0.130. The van der Waals surface area contributed by atoms with Crippen molar-refractivity contribution in [3.63, 3.8) is 0 Å². The van der Waals surface area contributed by atoms with Crippen LogP contribution >= 0.6 is 11.6 Å². The number of hydrogen-bond acceptors (Lipinski definition) is 2. The van der Waals surface area contributed by atoms with Gasteiger partial charge in [0.05, 0.1) is 18.2 Å². The summed E-state index contributed by atoms with van der Waals surface area (Å²) in [6.45, 7) is 3.29. The van der Waals surface area contributed by atoms with E-state index in [9.17, 15) is 4.39 Å². The molecule has 1 aliphatic rings. The Morgan fingerprint density at radius 3 is 2.30 bits per heavy atom. The second kappa shape index (κ2) is 7.26. The lowest BCUT2D eigenvalue weighted by Gasteiger charge is -2.28. The highest BCUT2D eigenvalue weighted by atomic mass is 35.5. The van der Waals surface area contributed by atoms with Gasteiger partial charge in [-0.15, -0.1) is 0 Å². The van der Waals surface area contributed by atoms with E-state index in [1.807, 2.05) is 37.3 Å². The molecular weight excluding hydrogens is 315 g/mol. The zero-order valence-corrected chi connectivity index (χ0v) is 13.6. The molecular formula is C19H18ClFO2. The number of allylic oxidation sites excluding steroid dienone is 1. The van der Waals surface area contributed by atoms with Crippen molar-refractivity contribution in [3.05, 3.63) is 71.0 Å². The summed E-state index contributed by atoms with van der Waals surface area (Å²) in [5.74, 6) is -0.102. The molecule has 0 aromatic heterocycles. The van der Waals surface area contributed by atoms with Crippen LogP contribution < -0.4 is 0 Å². The second-order valence-corrected chi connectivity index (χ2v) is 5.94. The van der Waals surface area contributed by atoms with Gasteiger partial charge in [-0.05, 0) is 30.2 Å². The second-order valence-electron chi connectivity index (χ2n) is 5.54. The van der Waals surface area contributed by atoms with Crippen LogP contribution in [-0.4, -0.2) is 13.2 Å². The average molecular weight is 333 g/mol. The minimum Gasteiger partial charge on any atom is -0.348 e. The third-order valence-electron chi connectivity index (χ3n) is 3.82. The number of ether oxygens (including phenoxy) is 2. The van der Waals surface area contributed by atoms with E-state index in [2.05, 4.69) is 6.08 Å². The molecule has 3 rings (SSSR count). The molecule has 0 unspecified atom stereocenters. The lowest BCUT2D eigenvalue weighted by Crippen LogP contribution is -2.25. The average Bonchev–Trinajstić information content (AvgIpc) is 2.59. The molecule has 120 valence electrons. The summed E-state index contributed by atoms with van der Waals surface area (Å²) in [7, 11) is 0. The smallest absolute Gasteiger partial charge is 0.183 e. The summed E-state index contributed by atoms with van der Waals surface area (Å²) in [4.78, 5) is 0. The van der Waals surface area contributed by atoms with Crippen LogP contribution in [0.3, 0.4) is 0 Å². The quantitative estimate of drug-likeness (QED) is 0.702. The molecule has 0 spiro atoms. The van der Waals surface area contributed by atoms with Crippen LogP contribution in [0.15, 0.2) is 54.6 Å². The normalized spacial score (nSPS) is 21.7. The summed E-state index contributed by atoms with van der Waals surface area (Å²) in [5.41, 5.74) is 2.67. The highest BCUT2D eigenvalue weighted by Gasteiger charge is 2.21. The van der Waals surface area contributed by atoms with Crippen LogP contribution in [0.25, 0.3) is 11.1 Å². The van der Waals surface area contributed by atoms with Gasteiger partial charge < -0.3 is 9.47 Å². The van der Waals surface area contributed by atoms with Gasteiger partial charge in [0.2, 0.25) is 0 Å². The Balaban J connectivity index is 1.71. The minimum absolute atomic E-state index is 0.130. The van der Waals surface area contributed by atoms with Gasteiger partial charge in [-0.1, -0.05) is 54.1 Å². The first-order valence-corrected chi connectivity index (χ1v) is 7.96. The van der Waals surface area contributed by atoms with Crippen molar-refractivity contribution < 1.29 is 13.9 Å². The first kappa shape index (κ1) is 16.2. The van der Waals surface area contributed by atoms with Crippen LogP contribution in [0.4, 0.5) is 4.39 Å². The van der Waals surface area contributed by atoms with Gasteiger partial charge in [0.25, 0.3) is 0 Å². The van der Waals surface area contributed by atoms with E-state index in [0.29, 0.717) is 19.1 Å². The van der Waals surface area contributed by atoms with Gasteiger partial charge in [-0.2, -0.15) is 0 Å². The van der Waals surface area contributed by atoms with Crippen molar-refractivity contribution in [1.82, 2.24) is 0 Å². The topological polar surface area (TPSA) is 18.5 Å². The van der Waals surface area contributed by atoms with Gasteiger partial charge in [0, 0.05) is 11.5 Å². The van der Waals surface area contributed by atoms with Crippen LogP contribution in [0.2, 0.25) is 5.02 Å². The molecule has 1 aliphatic heterocycles. The first-order chi connectivity index (χ1) is 11.2. The lowest BCUT2D eigenvalue weighted by molar-refractivity contribution is -0.197. The molecule has 0 N–H and O–H groups in total. The van der Waals surface area contributed by atoms with Crippen LogP contribution in [0.5, 0.6) is 0 Å². The molecule has 1 saturated heterocycles. The van der Waals surface area contributed by atoms with Crippen molar-refractivity contribution in [2.24, 2.45) is 5.92 Å². The van der Waals surface area contributed by atoms with Crippen LogP contribution in [0, 0.1) is 11.7 Å². The maximum absolute atomic E-state index is 13.6. The SMILES string of the molecule is C/C=C/[C@H]1CO[C@H](c2ccc(-c3ccc(Cl)c(F)c3)cc2)OC1. The fourth-order valence-electron chi connectivity index (χ4n) is 2.60. The van der Waals surface area contributed by atoms with E-state index in [0.717, 1.165) is 16.7 Å². The zero-order valence-electron chi connectivity index (χ0n) is 12.8. The summed E-state index contributed by atoms with van der Waals surface area (Å²) in [6.07, 6.45) is 3.76. The molecule has 1 heterocycles. The third kappa shape index (κ3) is 3.81. The zero-order chi connectivity index (χ0) is 16.2. The van der Waals surface area contributed by atoms with Gasteiger partial charge in [0.1, 0.15) is 5.82 Å². The first-order valence-electron chi connectivity index (χ1n) is 7.59. The highest BCUT2D eigenvalue weighted by Crippen LogP contribution is 2.29. The predicted molar refractivity (Wildman–Crippen MR) is 89.8 cm³/mol. The number of benzene rings is 2. The Hall–Kier alpha value is -1.68. The van der Waals surface area contributed by atoms with E-state index in [1.54, 1.807) is 12.1 Å². The molecule has 0 atom stereocenters. The van der Waals surface area contributed by atoms with E-state index in [4.69, 9.17) is 21.1 Å². The summed E-state index contributed by atoms with van der Waals surface area (Å²) < 4.78 is 25.1. The maximum atomic E-state index is 13.6. The molecule has 0 amide bonds. The van der Waals surface area contributed by atoms with Crippen molar-refractivity contribution in [2.75, 3.05) is 13.2 Å². The van der Waals surface area contributed by atoms with E-state index < -0.39 is 5.82 Å². The van der Waals surface area contributed by atoms with Crippen LogP contribution in [0.1, 0.15) is 18.8 Å². The van der Waals surface area contributed by atoms with Crippen molar-refractivity contribution in [1.29, 1.82) is 0 Å². The third-order valence-corrected chi connectivity index (χ3v) is 4.13. The Kier molecular flexibility index (Phi) is 5.11. The number of rotatable bonds is 3. The molecule has 4 heteroatoms. The summed E-state index contributed by atoms with van der Waals surface area (Å²) >= 11 is 5.72. The Bertz CT molecular complexity index is 689. The van der Waals surface area contributed by atoms with E-state index in [-0.39, 0.29) is 11.3 Å². The van der Waals surface area contributed by atoms with Crippen molar-refractivity contribution in [2.45, 2.75) is 13.2 Å². The van der Waals surface area contributed by atoms with Crippen molar-refractivity contribution >= 4 is 11.6 Å². The molecule has 2 nitrogen and oxygen atoms in total. The number of hydrogen-bond donors (Lipinski definition) is 0. The monoisotopic (exact) mass is 332 g/mol. The van der Waals surface area contributed by atoms with Gasteiger partial charge in [-0.25, -0.2) is 4.39 Å².